The van der Waals surface area contributed by atoms with Crippen LogP contribution in [0.3, 0.4) is 0 Å². The third-order valence-corrected chi connectivity index (χ3v) is 5.88. The number of carbonyl (C=O) groups excluding carboxylic acids is 2. The highest BCUT2D eigenvalue weighted by molar-refractivity contribution is 6.25. The van der Waals surface area contributed by atoms with Gasteiger partial charge in [0.1, 0.15) is 6.10 Å². The fraction of sp³-hybridized carbons (Fsp3) is 0.632. The Morgan fingerprint density at radius 3 is 2.53 bits per heavy atom. The molecule has 5 unspecified atom stereocenters. The third-order valence-electron chi connectivity index (χ3n) is 5.88. The minimum absolute atomic E-state index is 0.00654. The van der Waals surface area contributed by atoms with Gasteiger partial charge in [0.25, 0.3) is 0 Å². The number of rotatable bonds is 6. The van der Waals surface area contributed by atoms with Gasteiger partial charge in [0.15, 0.2) is 11.5 Å². The summed E-state index contributed by atoms with van der Waals surface area (Å²) < 4.78 is 16.6. The molecule has 1 amide bonds. The normalized spacial score (nSPS) is 32.3. The van der Waals surface area contributed by atoms with Crippen molar-refractivity contribution < 1.29 is 38.8 Å². The van der Waals surface area contributed by atoms with Gasteiger partial charge in [-0.15, -0.1) is 0 Å². The average Bonchev–Trinajstić information content (AvgIpc) is 3.29. The van der Waals surface area contributed by atoms with Gasteiger partial charge in [-0.25, -0.2) is 4.79 Å². The van der Waals surface area contributed by atoms with E-state index in [9.17, 15) is 14.7 Å². The van der Waals surface area contributed by atoms with E-state index in [4.69, 9.17) is 24.1 Å². The lowest BCUT2D eigenvalue weighted by Gasteiger charge is -2.39. The van der Waals surface area contributed by atoms with E-state index in [0.717, 1.165) is 0 Å². The van der Waals surface area contributed by atoms with Crippen LogP contribution in [-0.4, -0.2) is 90.7 Å². The molecule has 5 N–H and O–H groups in total. The van der Waals surface area contributed by atoms with E-state index in [-0.39, 0.29) is 47.7 Å². The Kier molecular flexibility index (Phi) is 5.92. The van der Waals surface area contributed by atoms with Crippen LogP contribution in [0.1, 0.15) is 13.8 Å². The van der Waals surface area contributed by atoms with E-state index in [1.807, 2.05) is 4.90 Å². The van der Waals surface area contributed by atoms with Crippen molar-refractivity contribution in [1.29, 1.82) is 0 Å². The predicted octanol–water partition coefficient (Wildman–Crippen LogP) is -1.04. The van der Waals surface area contributed by atoms with E-state index in [2.05, 4.69) is 11.1 Å². The molecule has 2 fully saturated rings. The number of nitrogens with one attached hydrogen (secondary N) is 1. The number of methoxy groups -OCH3 is 2. The summed E-state index contributed by atoms with van der Waals surface area (Å²) in [6.07, 6.45) is -1.71. The lowest BCUT2D eigenvalue weighted by atomic mass is 9.83. The molecule has 0 aromatic carbocycles. The summed E-state index contributed by atoms with van der Waals surface area (Å²) in [5, 5.41) is 20.6. The van der Waals surface area contributed by atoms with Crippen LogP contribution >= 0.6 is 0 Å². The van der Waals surface area contributed by atoms with Crippen LogP contribution in [0.25, 0.3) is 0 Å². The standard InChI is InChI=1S/C18H24N2O6.CH3NO2/c1-8(7-24-3)26-16-9(2)14(22)13-12(15(16)23)10(6-21)18(25-4)17-11(19-17)5-20(13)18;2-1(3)4/h8,10-11,17,19,21H,5-7H2,1-4H3;2H2,(H,3,4). The van der Waals surface area contributed by atoms with Crippen molar-refractivity contribution in [3.05, 3.63) is 22.6 Å². The number of hydrogen-bond donors (Lipinski definition) is 4. The molecule has 0 bridgehead atoms. The number of aliphatic hydroxyl groups is 1. The number of nitrogens with two attached hydrogens (primary N) is 1. The second-order valence-electron chi connectivity index (χ2n) is 7.65. The molecule has 0 radical (unpaired) electrons. The van der Waals surface area contributed by atoms with E-state index in [1.54, 1.807) is 28.1 Å². The number of piperazine rings is 1. The fourth-order valence-corrected chi connectivity index (χ4v) is 4.73. The molecule has 11 heteroatoms. The Balaban J connectivity index is 0.000000589. The topological polar surface area (TPSA) is 171 Å². The number of Topliss-reactive ketones (excluding diaryl/α,β-unsaturated/α-hetero) is 2. The summed E-state index contributed by atoms with van der Waals surface area (Å²) in [5.74, 6) is -1.14. The minimum atomic E-state index is -1.33. The highest BCUT2D eigenvalue weighted by Crippen LogP contribution is 2.55. The number of allylic oxidation sites excluding steroid dienone is 2. The van der Waals surface area contributed by atoms with Gasteiger partial charge in [-0.05, 0) is 13.8 Å². The zero-order chi connectivity index (χ0) is 22.4. The van der Waals surface area contributed by atoms with Crippen LogP contribution in [0, 0.1) is 5.92 Å². The first kappa shape index (κ1) is 22.2. The number of ether oxygens (including phenoxy) is 3. The maximum Gasteiger partial charge on any atom is 0.402 e. The average molecular weight is 425 g/mol. The molecular formula is C19H27N3O8. The Morgan fingerprint density at radius 2 is 2.00 bits per heavy atom. The van der Waals surface area contributed by atoms with Crippen LogP contribution < -0.4 is 11.1 Å². The Labute approximate surface area is 173 Å². The molecule has 4 rings (SSSR count). The number of fused-ring (bicyclic) bond motifs is 4. The van der Waals surface area contributed by atoms with Crippen molar-refractivity contribution in [2.45, 2.75) is 37.8 Å². The fourth-order valence-electron chi connectivity index (χ4n) is 4.73. The van der Waals surface area contributed by atoms with Crippen molar-refractivity contribution in [2.24, 2.45) is 11.7 Å². The second-order valence-corrected chi connectivity index (χ2v) is 7.65. The van der Waals surface area contributed by atoms with Crippen LogP contribution in [0.2, 0.25) is 0 Å². The largest absolute Gasteiger partial charge is 0.484 e. The molecular weight excluding hydrogens is 398 g/mol. The third kappa shape index (κ3) is 3.18. The SMILES string of the molecule is COCC(C)OC1=C(C)C(=O)C2=C(C1=O)C(CO)C1(OC)C3NC3CN21.NC(=O)O. The highest BCUT2D eigenvalue weighted by Gasteiger charge is 2.72. The van der Waals surface area contributed by atoms with Crippen LogP contribution in [0.15, 0.2) is 22.6 Å². The number of primary amides is 1. The van der Waals surface area contributed by atoms with Gasteiger partial charge in [0.05, 0.1) is 30.9 Å². The summed E-state index contributed by atoms with van der Waals surface area (Å²) in [6.45, 7) is 3.98. The molecule has 0 saturated carbocycles. The Hall–Kier alpha value is -2.47. The summed E-state index contributed by atoms with van der Waals surface area (Å²) in [4.78, 5) is 37.0. The first-order valence-electron chi connectivity index (χ1n) is 9.53. The number of carbonyl (C=O) groups is 3. The number of hydrogen-bond acceptors (Lipinski definition) is 9. The smallest absolute Gasteiger partial charge is 0.402 e. The lowest BCUT2D eigenvalue weighted by molar-refractivity contribution is -0.137. The molecule has 3 heterocycles. The number of ketones is 2. The van der Waals surface area contributed by atoms with Crippen molar-refractivity contribution in [1.82, 2.24) is 10.2 Å². The van der Waals surface area contributed by atoms with Crippen LogP contribution in [0.5, 0.6) is 0 Å². The zero-order valence-electron chi connectivity index (χ0n) is 17.3. The quantitative estimate of drug-likeness (QED) is 0.304. The van der Waals surface area contributed by atoms with Crippen molar-refractivity contribution in [3.8, 4) is 0 Å². The molecule has 166 valence electrons. The molecule has 0 aromatic heterocycles. The molecule has 3 aliphatic heterocycles. The van der Waals surface area contributed by atoms with Gasteiger partial charge in [0, 0.05) is 38.0 Å². The van der Waals surface area contributed by atoms with E-state index in [0.29, 0.717) is 24.4 Å². The predicted molar refractivity (Wildman–Crippen MR) is 102 cm³/mol. The van der Waals surface area contributed by atoms with Gasteiger partial charge in [0.2, 0.25) is 11.6 Å². The minimum Gasteiger partial charge on any atom is -0.484 e. The van der Waals surface area contributed by atoms with Crippen LogP contribution in [-0.2, 0) is 23.8 Å². The molecule has 30 heavy (non-hydrogen) atoms. The molecule has 11 nitrogen and oxygen atoms in total. The van der Waals surface area contributed by atoms with E-state index < -0.39 is 17.7 Å². The maximum absolute atomic E-state index is 13.2. The molecule has 4 aliphatic rings. The van der Waals surface area contributed by atoms with Crippen molar-refractivity contribution >= 4 is 17.7 Å². The van der Waals surface area contributed by atoms with E-state index in [1.165, 1.54) is 0 Å². The van der Waals surface area contributed by atoms with Gasteiger partial charge in [-0.3, -0.25) is 9.59 Å². The Morgan fingerprint density at radius 1 is 1.37 bits per heavy atom. The van der Waals surface area contributed by atoms with Gasteiger partial charge < -0.3 is 40.4 Å². The summed E-state index contributed by atoms with van der Waals surface area (Å²) in [6, 6.07) is 0.206. The second kappa shape index (κ2) is 7.99. The number of carboxylic acid groups (broad SMARTS) is 1. The first-order chi connectivity index (χ1) is 14.1. The molecule has 2 saturated heterocycles. The van der Waals surface area contributed by atoms with Crippen molar-refractivity contribution in [3.63, 3.8) is 0 Å². The molecule has 0 aromatic rings. The number of nitrogens with zero attached hydrogens (tertiary/aromatic N) is 1. The number of amides is 1. The number of aliphatic hydroxyl groups excluding tert-OH is 1. The van der Waals surface area contributed by atoms with E-state index >= 15 is 0 Å². The lowest BCUT2D eigenvalue weighted by Crippen LogP contribution is -2.54. The summed E-state index contributed by atoms with van der Waals surface area (Å²) in [7, 11) is 3.11. The maximum atomic E-state index is 13.2. The zero-order valence-corrected chi connectivity index (χ0v) is 17.3. The highest BCUT2D eigenvalue weighted by atomic mass is 16.5. The summed E-state index contributed by atoms with van der Waals surface area (Å²) >= 11 is 0. The molecule has 1 aliphatic carbocycles. The molecule has 0 spiro atoms. The molecule has 5 atom stereocenters. The monoisotopic (exact) mass is 425 g/mol. The van der Waals surface area contributed by atoms with Crippen molar-refractivity contribution in [2.75, 3.05) is 34.0 Å². The van der Waals surface area contributed by atoms with Crippen LogP contribution in [0.4, 0.5) is 4.79 Å². The van der Waals surface area contributed by atoms with Gasteiger partial charge in [-0.2, -0.15) is 0 Å². The first-order valence-corrected chi connectivity index (χ1v) is 9.53. The van der Waals surface area contributed by atoms with Gasteiger partial charge >= 0.3 is 6.09 Å². The summed E-state index contributed by atoms with van der Waals surface area (Å²) in [5.41, 5.74) is 4.07. The Bertz CT molecular complexity index is 834. The van der Waals surface area contributed by atoms with Gasteiger partial charge in [-0.1, -0.05) is 0 Å².